The lowest BCUT2D eigenvalue weighted by Gasteiger charge is -2.14. The van der Waals surface area contributed by atoms with Crippen molar-refractivity contribution < 1.29 is 14.3 Å². The Bertz CT molecular complexity index is 900. The molecule has 0 bridgehead atoms. The summed E-state index contributed by atoms with van der Waals surface area (Å²) < 4.78 is 5.81. The number of carbonyl (C=O) groups excluding carboxylic acids is 2. The Balaban J connectivity index is 1.90. The molecule has 7 heteroatoms. The van der Waals surface area contributed by atoms with Gasteiger partial charge in [0.15, 0.2) is 5.11 Å². The van der Waals surface area contributed by atoms with E-state index in [9.17, 15) is 9.59 Å². The number of para-hydroxylation sites is 1. The van der Waals surface area contributed by atoms with Gasteiger partial charge in [-0.25, -0.2) is 0 Å². The number of hydrogen-bond donors (Lipinski definition) is 3. The van der Waals surface area contributed by atoms with Crippen LogP contribution in [-0.4, -0.2) is 29.6 Å². The van der Waals surface area contributed by atoms with E-state index in [1.165, 1.54) is 6.42 Å². The molecule has 2 aromatic carbocycles. The van der Waals surface area contributed by atoms with E-state index in [1.807, 2.05) is 19.9 Å². The van der Waals surface area contributed by atoms with E-state index in [2.05, 4.69) is 22.9 Å². The molecule has 2 amide bonds. The van der Waals surface area contributed by atoms with Crippen molar-refractivity contribution in [3.05, 3.63) is 59.7 Å². The largest absolute Gasteiger partial charge is 0.493 e. The molecule has 0 heterocycles. The molecule has 32 heavy (non-hydrogen) atoms. The number of hydrogen-bond acceptors (Lipinski definition) is 4. The molecule has 6 nitrogen and oxygen atoms in total. The molecule has 0 aromatic heterocycles. The predicted octanol–water partition coefficient (Wildman–Crippen LogP) is 5.30. The standard InChI is InChI=1S/C25H33N3O3S/c1-4-6-7-10-17-31-22-12-9-8-11-21(22)24(30)28-25(32)27-20-15-13-19(14-16-20)23(29)26-18(3)5-2/h8-9,11-16,18H,4-7,10,17H2,1-3H3,(H,26,29)(H2,27,28,30,32). The molecule has 0 aliphatic carbocycles. The molecular formula is C25H33N3O3S. The third-order valence-electron chi connectivity index (χ3n) is 5.01. The lowest BCUT2D eigenvalue weighted by Crippen LogP contribution is -2.34. The molecule has 1 unspecified atom stereocenters. The van der Waals surface area contributed by atoms with Gasteiger partial charge in [0.25, 0.3) is 11.8 Å². The first-order valence-corrected chi connectivity index (χ1v) is 11.6. The zero-order valence-corrected chi connectivity index (χ0v) is 19.9. The number of nitrogens with one attached hydrogen (secondary N) is 3. The highest BCUT2D eigenvalue weighted by Gasteiger charge is 2.14. The van der Waals surface area contributed by atoms with Gasteiger partial charge in [-0.05, 0) is 68.4 Å². The Morgan fingerprint density at radius 1 is 0.969 bits per heavy atom. The molecule has 3 N–H and O–H groups in total. The topological polar surface area (TPSA) is 79.5 Å². The summed E-state index contributed by atoms with van der Waals surface area (Å²) in [5.74, 6) is 0.0882. The van der Waals surface area contributed by atoms with Crippen molar-refractivity contribution in [1.82, 2.24) is 10.6 Å². The van der Waals surface area contributed by atoms with Crippen molar-refractivity contribution in [2.24, 2.45) is 0 Å². The summed E-state index contributed by atoms with van der Waals surface area (Å²) in [5, 5.41) is 8.76. The van der Waals surface area contributed by atoms with E-state index >= 15 is 0 Å². The Morgan fingerprint density at radius 3 is 2.38 bits per heavy atom. The third kappa shape index (κ3) is 8.30. The average molecular weight is 456 g/mol. The maximum Gasteiger partial charge on any atom is 0.261 e. The number of unbranched alkanes of at least 4 members (excludes halogenated alkanes) is 3. The van der Waals surface area contributed by atoms with Crippen LogP contribution < -0.4 is 20.7 Å². The zero-order chi connectivity index (χ0) is 23.3. The summed E-state index contributed by atoms with van der Waals surface area (Å²) in [6.07, 6.45) is 5.27. The van der Waals surface area contributed by atoms with Crippen molar-refractivity contribution in [1.29, 1.82) is 0 Å². The number of benzene rings is 2. The number of rotatable bonds is 11. The first kappa shape index (κ1) is 25.3. The summed E-state index contributed by atoms with van der Waals surface area (Å²) >= 11 is 5.28. The second-order valence-electron chi connectivity index (χ2n) is 7.67. The fourth-order valence-electron chi connectivity index (χ4n) is 2.94. The highest BCUT2D eigenvalue weighted by Crippen LogP contribution is 2.19. The van der Waals surface area contributed by atoms with Crippen molar-refractivity contribution >= 4 is 34.8 Å². The van der Waals surface area contributed by atoms with E-state index in [-0.39, 0.29) is 23.0 Å². The molecule has 0 aliphatic rings. The Labute approximate surface area is 196 Å². The minimum Gasteiger partial charge on any atom is -0.493 e. The highest BCUT2D eigenvalue weighted by molar-refractivity contribution is 7.80. The summed E-state index contributed by atoms with van der Waals surface area (Å²) in [5.41, 5.74) is 1.68. The zero-order valence-electron chi connectivity index (χ0n) is 19.1. The van der Waals surface area contributed by atoms with E-state index < -0.39 is 0 Å². The Morgan fingerprint density at radius 2 is 1.69 bits per heavy atom. The monoisotopic (exact) mass is 455 g/mol. The number of thiocarbonyl (C=S) groups is 1. The van der Waals surface area contributed by atoms with Crippen molar-refractivity contribution in [3.63, 3.8) is 0 Å². The van der Waals surface area contributed by atoms with Gasteiger partial charge >= 0.3 is 0 Å². The Hall–Kier alpha value is -2.93. The van der Waals surface area contributed by atoms with Crippen LogP contribution >= 0.6 is 12.2 Å². The third-order valence-corrected chi connectivity index (χ3v) is 5.21. The van der Waals surface area contributed by atoms with E-state index in [4.69, 9.17) is 17.0 Å². The molecule has 0 saturated carbocycles. The summed E-state index contributed by atoms with van der Waals surface area (Å²) in [6.45, 7) is 6.72. The SMILES string of the molecule is CCCCCCOc1ccccc1C(=O)NC(=S)Nc1ccc(C(=O)NC(C)CC)cc1. The fourth-order valence-corrected chi connectivity index (χ4v) is 3.15. The summed E-state index contributed by atoms with van der Waals surface area (Å²) in [4.78, 5) is 24.9. The first-order chi connectivity index (χ1) is 15.4. The highest BCUT2D eigenvalue weighted by atomic mass is 32.1. The van der Waals surface area contributed by atoms with Gasteiger partial charge in [0.05, 0.1) is 12.2 Å². The van der Waals surface area contributed by atoms with Crippen LogP contribution in [0.25, 0.3) is 0 Å². The van der Waals surface area contributed by atoms with Gasteiger partial charge in [-0.3, -0.25) is 14.9 Å². The van der Waals surface area contributed by atoms with Crippen LogP contribution in [0, 0.1) is 0 Å². The molecule has 2 rings (SSSR count). The number of carbonyl (C=O) groups is 2. The average Bonchev–Trinajstić information content (AvgIpc) is 2.79. The van der Waals surface area contributed by atoms with Crippen molar-refractivity contribution in [2.45, 2.75) is 58.9 Å². The second-order valence-corrected chi connectivity index (χ2v) is 8.08. The Kier molecular flexibility index (Phi) is 10.7. The maximum absolute atomic E-state index is 12.7. The number of ether oxygens (including phenoxy) is 1. The maximum atomic E-state index is 12.7. The van der Waals surface area contributed by atoms with Crippen molar-refractivity contribution in [2.75, 3.05) is 11.9 Å². The van der Waals surface area contributed by atoms with Crippen LogP contribution in [0.3, 0.4) is 0 Å². The smallest absolute Gasteiger partial charge is 0.261 e. The second kappa shape index (κ2) is 13.5. The molecule has 172 valence electrons. The van der Waals surface area contributed by atoms with Crippen LogP contribution in [-0.2, 0) is 0 Å². The normalized spacial score (nSPS) is 11.3. The van der Waals surface area contributed by atoms with Gasteiger partial charge in [-0.15, -0.1) is 0 Å². The van der Waals surface area contributed by atoms with E-state index in [0.717, 1.165) is 25.7 Å². The van der Waals surface area contributed by atoms with Crippen molar-refractivity contribution in [3.8, 4) is 5.75 Å². The molecule has 1 atom stereocenters. The summed E-state index contributed by atoms with van der Waals surface area (Å²) in [7, 11) is 0. The molecule has 0 saturated heterocycles. The van der Waals surface area contributed by atoms with Crippen LogP contribution in [0.1, 0.15) is 73.6 Å². The number of amides is 2. The van der Waals surface area contributed by atoms with Crippen LogP contribution in [0.4, 0.5) is 5.69 Å². The molecular weight excluding hydrogens is 422 g/mol. The fraction of sp³-hybridized carbons (Fsp3) is 0.400. The van der Waals surface area contributed by atoms with Gasteiger partial charge in [0.2, 0.25) is 0 Å². The molecule has 0 fully saturated rings. The van der Waals surface area contributed by atoms with E-state index in [1.54, 1.807) is 42.5 Å². The first-order valence-electron chi connectivity index (χ1n) is 11.2. The predicted molar refractivity (Wildman–Crippen MR) is 133 cm³/mol. The lowest BCUT2D eigenvalue weighted by molar-refractivity contribution is 0.0937. The summed E-state index contributed by atoms with van der Waals surface area (Å²) in [6, 6.07) is 14.2. The molecule has 2 aromatic rings. The van der Waals surface area contributed by atoms with Crippen LogP contribution in [0.2, 0.25) is 0 Å². The van der Waals surface area contributed by atoms with E-state index in [0.29, 0.717) is 29.2 Å². The minimum absolute atomic E-state index is 0.117. The molecule has 0 radical (unpaired) electrons. The minimum atomic E-state index is -0.337. The van der Waals surface area contributed by atoms with Gasteiger partial charge < -0.3 is 15.4 Å². The van der Waals surface area contributed by atoms with Crippen LogP contribution in [0.5, 0.6) is 5.75 Å². The van der Waals surface area contributed by atoms with Gasteiger partial charge in [-0.1, -0.05) is 45.2 Å². The molecule has 0 aliphatic heterocycles. The van der Waals surface area contributed by atoms with Crippen LogP contribution in [0.15, 0.2) is 48.5 Å². The number of anilines is 1. The lowest BCUT2D eigenvalue weighted by atomic mass is 10.1. The van der Waals surface area contributed by atoms with Gasteiger partial charge in [-0.2, -0.15) is 0 Å². The quantitative estimate of drug-likeness (QED) is 0.316. The molecule has 0 spiro atoms. The van der Waals surface area contributed by atoms with Gasteiger partial charge in [0, 0.05) is 17.3 Å². The van der Waals surface area contributed by atoms with Gasteiger partial charge in [0.1, 0.15) is 5.75 Å².